The van der Waals surface area contributed by atoms with Crippen LogP contribution < -0.4 is 0 Å². The molecule has 3 heteroatoms. The van der Waals surface area contributed by atoms with Gasteiger partial charge in [0.25, 0.3) is 11.8 Å². The van der Waals surface area contributed by atoms with E-state index in [0.717, 1.165) is 31.3 Å². The summed E-state index contributed by atoms with van der Waals surface area (Å²) >= 11 is 0. The van der Waals surface area contributed by atoms with E-state index in [1.165, 1.54) is 29.0 Å². The summed E-state index contributed by atoms with van der Waals surface area (Å²) in [5.41, 5.74) is 2.34. The molecule has 1 fully saturated rings. The molecule has 22 heavy (non-hydrogen) atoms. The first kappa shape index (κ1) is 16.2. The van der Waals surface area contributed by atoms with E-state index in [9.17, 15) is 9.59 Å². The number of rotatable bonds is 2. The smallest absolute Gasteiger partial charge is 0.253 e. The van der Waals surface area contributed by atoms with Gasteiger partial charge in [-0.05, 0) is 25.3 Å². The third-order valence-corrected chi connectivity index (χ3v) is 4.05. The van der Waals surface area contributed by atoms with Crippen LogP contribution in [0.5, 0.6) is 0 Å². The highest BCUT2D eigenvalue weighted by Gasteiger charge is 2.31. The van der Waals surface area contributed by atoms with E-state index in [1.807, 2.05) is 25.1 Å². The van der Waals surface area contributed by atoms with E-state index in [4.69, 9.17) is 0 Å². The van der Waals surface area contributed by atoms with E-state index in [1.54, 1.807) is 0 Å². The normalized spacial score (nSPS) is 18.1. The van der Waals surface area contributed by atoms with Crippen LogP contribution in [0.4, 0.5) is 0 Å². The van der Waals surface area contributed by atoms with Crippen LogP contribution in [0.2, 0.25) is 0 Å². The summed E-state index contributed by atoms with van der Waals surface area (Å²) in [5, 5.41) is 0. The Labute approximate surface area is 132 Å². The van der Waals surface area contributed by atoms with Gasteiger partial charge in [0.15, 0.2) is 0 Å². The molecule has 116 valence electrons. The molecule has 2 amide bonds. The number of benzene rings is 1. The zero-order valence-corrected chi connectivity index (χ0v) is 13.1. The van der Waals surface area contributed by atoms with Gasteiger partial charge in [-0.25, -0.2) is 0 Å². The third kappa shape index (κ3) is 4.17. The van der Waals surface area contributed by atoms with Gasteiger partial charge < -0.3 is 0 Å². The van der Waals surface area contributed by atoms with Crippen molar-refractivity contribution < 1.29 is 9.59 Å². The minimum absolute atomic E-state index is 0.128. The molecule has 1 aromatic rings. The molecule has 0 N–H and O–H groups in total. The van der Waals surface area contributed by atoms with Crippen LogP contribution in [0, 0.1) is 0 Å². The van der Waals surface area contributed by atoms with Crippen LogP contribution in [0.15, 0.2) is 49.1 Å². The SMILES string of the molecule is C=C(C)c1ccccc1.O=C1C=CC(=O)N1C1CCCCC1. The lowest BCUT2D eigenvalue weighted by Gasteiger charge is -2.29. The molecule has 0 spiro atoms. The van der Waals surface area contributed by atoms with Gasteiger partial charge >= 0.3 is 0 Å². The highest BCUT2D eigenvalue weighted by Crippen LogP contribution is 2.24. The van der Waals surface area contributed by atoms with Crippen LogP contribution in [-0.4, -0.2) is 22.8 Å². The van der Waals surface area contributed by atoms with Crippen molar-refractivity contribution in [2.45, 2.75) is 45.1 Å². The number of hydrogen-bond donors (Lipinski definition) is 0. The Balaban J connectivity index is 0.000000172. The molecule has 1 saturated carbocycles. The van der Waals surface area contributed by atoms with Gasteiger partial charge in [-0.15, -0.1) is 0 Å². The molecule has 0 atom stereocenters. The highest BCUT2D eigenvalue weighted by molar-refractivity contribution is 6.13. The van der Waals surface area contributed by atoms with Crippen molar-refractivity contribution in [3.8, 4) is 0 Å². The van der Waals surface area contributed by atoms with Gasteiger partial charge in [-0.1, -0.05) is 61.7 Å². The number of carbonyl (C=O) groups excluding carboxylic acids is 2. The maximum Gasteiger partial charge on any atom is 0.253 e. The van der Waals surface area contributed by atoms with Crippen molar-refractivity contribution in [1.29, 1.82) is 0 Å². The van der Waals surface area contributed by atoms with Crippen LogP contribution in [0.3, 0.4) is 0 Å². The number of allylic oxidation sites excluding steroid dienone is 1. The van der Waals surface area contributed by atoms with Gasteiger partial charge in [0, 0.05) is 18.2 Å². The third-order valence-electron chi connectivity index (χ3n) is 4.05. The highest BCUT2D eigenvalue weighted by atomic mass is 16.2. The molecule has 0 radical (unpaired) electrons. The molecule has 0 aromatic heterocycles. The fourth-order valence-electron chi connectivity index (χ4n) is 2.83. The molecule has 0 unspecified atom stereocenters. The van der Waals surface area contributed by atoms with E-state index in [-0.39, 0.29) is 17.9 Å². The Kier molecular flexibility index (Phi) is 5.70. The Morgan fingerprint density at radius 3 is 2.00 bits per heavy atom. The first-order valence-electron chi connectivity index (χ1n) is 7.86. The predicted octanol–water partition coefficient (Wildman–Crippen LogP) is 3.96. The van der Waals surface area contributed by atoms with Crippen molar-refractivity contribution in [1.82, 2.24) is 4.90 Å². The van der Waals surface area contributed by atoms with Crippen molar-refractivity contribution in [2.75, 3.05) is 0 Å². The van der Waals surface area contributed by atoms with Crippen LogP contribution in [0.1, 0.15) is 44.6 Å². The summed E-state index contributed by atoms with van der Waals surface area (Å²) in [6.45, 7) is 5.83. The Bertz CT molecular complexity index is 550. The second kappa shape index (κ2) is 7.74. The summed E-state index contributed by atoms with van der Waals surface area (Å²) in [6, 6.07) is 10.3. The topological polar surface area (TPSA) is 37.4 Å². The minimum atomic E-state index is -0.128. The fraction of sp³-hybridized carbons (Fsp3) is 0.368. The lowest BCUT2D eigenvalue weighted by atomic mass is 9.94. The number of amides is 2. The average molecular weight is 297 g/mol. The van der Waals surface area contributed by atoms with Crippen molar-refractivity contribution in [3.05, 3.63) is 54.6 Å². The average Bonchev–Trinajstić information content (AvgIpc) is 2.88. The molecule has 3 nitrogen and oxygen atoms in total. The monoisotopic (exact) mass is 297 g/mol. The fourth-order valence-corrected chi connectivity index (χ4v) is 2.83. The first-order chi connectivity index (χ1) is 10.6. The molecule has 1 aliphatic carbocycles. The molecule has 3 rings (SSSR count). The van der Waals surface area contributed by atoms with E-state index in [2.05, 4.69) is 18.7 Å². The standard InChI is InChI=1S/C10H13NO2.C9H10/c12-9-6-7-10(13)11(9)8-4-2-1-3-5-8;1-8(2)9-6-4-3-5-7-9/h6-8H,1-5H2;3-7H,1H2,2H3. The second-order valence-electron chi connectivity index (χ2n) is 5.82. The summed E-state index contributed by atoms with van der Waals surface area (Å²) in [4.78, 5) is 24.0. The Morgan fingerprint density at radius 1 is 1.00 bits per heavy atom. The maximum absolute atomic E-state index is 11.3. The molecule has 2 aliphatic rings. The maximum atomic E-state index is 11.3. The number of carbonyl (C=O) groups is 2. The van der Waals surface area contributed by atoms with E-state index in [0.29, 0.717) is 0 Å². The zero-order valence-electron chi connectivity index (χ0n) is 13.1. The molecular weight excluding hydrogens is 274 g/mol. The summed E-state index contributed by atoms with van der Waals surface area (Å²) in [6.07, 6.45) is 8.23. The van der Waals surface area contributed by atoms with Gasteiger partial charge in [-0.3, -0.25) is 14.5 Å². The number of imide groups is 1. The molecule has 0 saturated heterocycles. The predicted molar refractivity (Wildman–Crippen MR) is 89.0 cm³/mol. The van der Waals surface area contributed by atoms with Crippen LogP contribution in [-0.2, 0) is 9.59 Å². The van der Waals surface area contributed by atoms with Gasteiger partial charge in [0.1, 0.15) is 0 Å². The quantitative estimate of drug-likeness (QED) is 0.775. The second-order valence-corrected chi connectivity index (χ2v) is 5.82. The van der Waals surface area contributed by atoms with Crippen molar-refractivity contribution in [3.63, 3.8) is 0 Å². The van der Waals surface area contributed by atoms with Crippen molar-refractivity contribution in [2.24, 2.45) is 0 Å². The summed E-state index contributed by atoms with van der Waals surface area (Å²) < 4.78 is 0. The Hall–Kier alpha value is -2.16. The Morgan fingerprint density at radius 2 is 1.55 bits per heavy atom. The van der Waals surface area contributed by atoms with Crippen LogP contribution >= 0.6 is 0 Å². The largest absolute Gasteiger partial charge is 0.272 e. The van der Waals surface area contributed by atoms with Gasteiger partial charge in [-0.2, -0.15) is 0 Å². The number of hydrogen-bond acceptors (Lipinski definition) is 2. The van der Waals surface area contributed by atoms with Gasteiger partial charge in [0.2, 0.25) is 0 Å². The number of nitrogens with zero attached hydrogens (tertiary/aromatic N) is 1. The molecule has 1 aromatic carbocycles. The summed E-state index contributed by atoms with van der Waals surface area (Å²) in [7, 11) is 0. The first-order valence-corrected chi connectivity index (χ1v) is 7.86. The molecule has 0 bridgehead atoms. The molecule has 1 aliphatic heterocycles. The van der Waals surface area contributed by atoms with Crippen molar-refractivity contribution >= 4 is 17.4 Å². The van der Waals surface area contributed by atoms with E-state index < -0.39 is 0 Å². The lowest BCUT2D eigenvalue weighted by Crippen LogP contribution is -2.41. The molecular formula is C19H23NO2. The van der Waals surface area contributed by atoms with Gasteiger partial charge in [0.05, 0.1) is 0 Å². The molecule has 1 heterocycles. The minimum Gasteiger partial charge on any atom is -0.272 e. The van der Waals surface area contributed by atoms with E-state index >= 15 is 0 Å². The van der Waals surface area contributed by atoms with Crippen LogP contribution in [0.25, 0.3) is 5.57 Å². The lowest BCUT2D eigenvalue weighted by molar-refractivity contribution is -0.140. The summed E-state index contributed by atoms with van der Waals surface area (Å²) in [5.74, 6) is -0.256. The zero-order chi connectivity index (χ0) is 15.9.